The molecule has 0 atom stereocenters. The lowest BCUT2D eigenvalue weighted by molar-refractivity contribution is -0.384. The van der Waals surface area contributed by atoms with Crippen molar-refractivity contribution in [3.8, 4) is 0 Å². The number of hydrogen-bond acceptors (Lipinski definition) is 6. The number of carbonyl (C=O) groups is 1. The van der Waals surface area contributed by atoms with Crippen LogP contribution in [0.25, 0.3) is 10.9 Å². The van der Waals surface area contributed by atoms with Crippen molar-refractivity contribution in [3.05, 3.63) is 68.5 Å². The van der Waals surface area contributed by atoms with Gasteiger partial charge < -0.3 is 4.90 Å². The summed E-state index contributed by atoms with van der Waals surface area (Å²) in [5, 5.41) is 12.1. The summed E-state index contributed by atoms with van der Waals surface area (Å²) >= 11 is 1.24. The third kappa shape index (κ3) is 3.68. The van der Waals surface area contributed by atoms with E-state index >= 15 is 0 Å². The maximum absolute atomic E-state index is 13.0. The SMILES string of the molecule is CCn1c(SCC(=O)N2CCCc3cc([N+](=O)[O-])ccc32)nc2ccccc2c1=O. The van der Waals surface area contributed by atoms with E-state index in [2.05, 4.69) is 4.98 Å². The lowest BCUT2D eigenvalue weighted by atomic mass is 10.0. The molecule has 2 aromatic carbocycles. The summed E-state index contributed by atoms with van der Waals surface area (Å²) in [4.78, 5) is 42.5. The molecule has 1 amide bonds. The van der Waals surface area contributed by atoms with E-state index < -0.39 is 4.92 Å². The van der Waals surface area contributed by atoms with Gasteiger partial charge in [-0.2, -0.15) is 0 Å². The molecule has 1 aromatic heterocycles. The topological polar surface area (TPSA) is 98.3 Å². The number of amides is 1. The maximum atomic E-state index is 13.0. The average molecular weight is 424 g/mol. The van der Waals surface area contributed by atoms with Gasteiger partial charge in [-0.3, -0.25) is 24.3 Å². The zero-order chi connectivity index (χ0) is 21.3. The Hall–Kier alpha value is -3.20. The second-order valence-corrected chi connectivity index (χ2v) is 7.91. The zero-order valence-corrected chi connectivity index (χ0v) is 17.2. The first-order valence-corrected chi connectivity index (χ1v) is 10.7. The molecule has 0 fully saturated rings. The van der Waals surface area contributed by atoms with Crippen molar-refractivity contribution in [2.24, 2.45) is 0 Å². The number of anilines is 1. The summed E-state index contributed by atoms with van der Waals surface area (Å²) in [6, 6.07) is 11.8. The molecule has 0 bridgehead atoms. The van der Waals surface area contributed by atoms with Crippen LogP contribution in [0.5, 0.6) is 0 Å². The molecule has 1 aliphatic heterocycles. The Balaban J connectivity index is 1.58. The fourth-order valence-corrected chi connectivity index (χ4v) is 4.64. The van der Waals surface area contributed by atoms with E-state index in [1.54, 1.807) is 39.8 Å². The lowest BCUT2D eigenvalue weighted by Crippen LogP contribution is -2.37. The average Bonchev–Trinajstić information content (AvgIpc) is 2.76. The van der Waals surface area contributed by atoms with Crippen molar-refractivity contribution in [2.45, 2.75) is 31.5 Å². The molecule has 2 heterocycles. The summed E-state index contributed by atoms with van der Waals surface area (Å²) in [6.45, 7) is 2.90. The maximum Gasteiger partial charge on any atom is 0.269 e. The molecule has 0 aliphatic carbocycles. The van der Waals surface area contributed by atoms with E-state index in [1.807, 2.05) is 13.0 Å². The molecular formula is C21H20N4O4S. The second-order valence-electron chi connectivity index (χ2n) is 6.97. The molecule has 4 rings (SSSR count). The molecule has 9 heteroatoms. The highest BCUT2D eigenvalue weighted by atomic mass is 32.2. The van der Waals surface area contributed by atoms with Gasteiger partial charge in [0.25, 0.3) is 11.2 Å². The Labute approximate surface area is 176 Å². The second kappa shape index (κ2) is 8.27. The molecule has 0 N–H and O–H groups in total. The predicted octanol–water partition coefficient (Wildman–Crippen LogP) is 3.40. The smallest absolute Gasteiger partial charge is 0.269 e. The van der Waals surface area contributed by atoms with Crippen LogP contribution in [0.4, 0.5) is 11.4 Å². The minimum atomic E-state index is -0.424. The van der Waals surface area contributed by atoms with Crippen molar-refractivity contribution in [1.82, 2.24) is 9.55 Å². The van der Waals surface area contributed by atoms with Crippen molar-refractivity contribution in [3.63, 3.8) is 0 Å². The summed E-state index contributed by atoms with van der Waals surface area (Å²) < 4.78 is 1.58. The molecule has 154 valence electrons. The number of non-ortho nitro benzene ring substituents is 1. The molecule has 8 nitrogen and oxygen atoms in total. The van der Waals surface area contributed by atoms with Gasteiger partial charge in [-0.15, -0.1) is 0 Å². The first kappa shape index (κ1) is 20.1. The molecule has 3 aromatic rings. The number of hydrogen-bond donors (Lipinski definition) is 0. The van der Waals surface area contributed by atoms with Gasteiger partial charge in [-0.25, -0.2) is 4.98 Å². The van der Waals surface area contributed by atoms with Gasteiger partial charge in [0.15, 0.2) is 5.16 Å². The summed E-state index contributed by atoms with van der Waals surface area (Å²) in [7, 11) is 0. The van der Waals surface area contributed by atoms with Crippen LogP contribution in [-0.2, 0) is 17.8 Å². The first-order chi connectivity index (χ1) is 14.5. The van der Waals surface area contributed by atoms with Gasteiger partial charge in [0.05, 0.1) is 21.6 Å². The number of nitro groups is 1. The Bertz CT molecular complexity index is 1210. The number of aromatic nitrogens is 2. The van der Waals surface area contributed by atoms with Crippen molar-refractivity contribution < 1.29 is 9.72 Å². The molecule has 0 radical (unpaired) electrons. The number of aryl methyl sites for hydroxylation is 1. The highest BCUT2D eigenvalue weighted by molar-refractivity contribution is 7.99. The Morgan fingerprint density at radius 1 is 1.27 bits per heavy atom. The zero-order valence-electron chi connectivity index (χ0n) is 16.4. The third-order valence-electron chi connectivity index (χ3n) is 5.16. The van der Waals surface area contributed by atoms with E-state index in [-0.39, 0.29) is 22.9 Å². The van der Waals surface area contributed by atoms with Gasteiger partial charge in [0.2, 0.25) is 5.91 Å². The van der Waals surface area contributed by atoms with Crippen LogP contribution in [0.3, 0.4) is 0 Å². The quantitative estimate of drug-likeness (QED) is 0.269. The number of benzene rings is 2. The highest BCUT2D eigenvalue weighted by Gasteiger charge is 2.25. The number of nitro benzene ring substituents is 1. The normalized spacial score (nSPS) is 13.3. The fourth-order valence-electron chi connectivity index (χ4n) is 3.70. The van der Waals surface area contributed by atoms with Crippen LogP contribution in [0.2, 0.25) is 0 Å². The molecule has 0 spiro atoms. The molecule has 1 aliphatic rings. The van der Waals surface area contributed by atoms with Crippen LogP contribution in [0, 0.1) is 10.1 Å². The Kier molecular flexibility index (Phi) is 5.54. The molecule has 0 unspecified atom stereocenters. The summed E-state index contributed by atoms with van der Waals surface area (Å²) in [6.07, 6.45) is 1.45. The van der Waals surface area contributed by atoms with E-state index in [4.69, 9.17) is 0 Å². The van der Waals surface area contributed by atoms with Crippen LogP contribution in [0.1, 0.15) is 18.9 Å². The predicted molar refractivity (Wildman–Crippen MR) is 116 cm³/mol. The standard InChI is InChI=1S/C21H20N4O4S/c1-2-23-20(27)16-7-3-4-8-17(16)22-21(23)30-13-19(26)24-11-5-6-14-12-15(25(28)29)9-10-18(14)24/h3-4,7-10,12H,2,5-6,11,13H2,1H3. The summed E-state index contributed by atoms with van der Waals surface area (Å²) in [5.41, 5.74) is 2.05. The van der Waals surface area contributed by atoms with Crippen molar-refractivity contribution in [1.29, 1.82) is 0 Å². The van der Waals surface area contributed by atoms with E-state index in [9.17, 15) is 19.7 Å². The molecular weight excluding hydrogens is 404 g/mol. The van der Waals surface area contributed by atoms with E-state index in [1.165, 1.54) is 17.8 Å². The third-order valence-corrected chi connectivity index (χ3v) is 6.12. The van der Waals surface area contributed by atoms with Crippen LogP contribution >= 0.6 is 11.8 Å². The van der Waals surface area contributed by atoms with Crippen LogP contribution < -0.4 is 10.5 Å². The molecule has 30 heavy (non-hydrogen) atoms. The van der Waals surface area contributed by atoms with Gasteiger partial charge >= 0.3 is 0 Å². The largest absolute Gasteiger partial charge is 0.311 e. The van der Waals surface area contributed by atoms with Crippen molar-refractivity contribution >= 4 is 39.9 Å². The Morgan fingerprint density at radius 2 is 2.07 bits per heavy atom. The van der Waals surface area contributed by atoms with Gasteiger partial charge in [-0.05, 0) is 43.5 Å². The number of fused-ring (bicyclic) bond motifs is 2. The number of carbonyl (C=O) groups excluding carboxylic acids is 1. The van der Waals surface area contributed by atoms with E-state index in [0.717, 1.165) is 17.7 Å². The number of rotatable bonds is 5. The number of para-hydroxylation sites is 1. The molecule has 0 saturated heterocycles. The monoisotopic (exact) mass is 424 g/mol. The summed E-state index contributed by atoms with van der Waals surface area (Å²) in [5.74, 6) is 0.0150. The fraction of sp³-hybridized carbons (Fsp3) is 0.286. The van der Waals surface area contributed by atoms with E-state index in [0.29, 0.717) is 35.6 Å². The first-order valence-electron chi connectivity index (χ1n) is 9.69. The minimum absolute atomic E-state index is 0.0322. The van der Waals surface area contributed by atoms with Crippen molar-refractivity contribution in [2.75, 3.05) is 17.2 Å². The number of thioether (sulfide) groups is 1. The van der Waals surface area contributed by atoms with Gasteiger partial charge in [0, 0.05) is 30.9 Å². The van der Waals surface area contributed by atoms with Gasteiger partial charge in [0.1, 0.15) is 0 Å². The minimum Gasteiger partial charge on any atom is -0.311 e. The van der Waals surface area contributed by atoms with Gasteiger partial charge in [-0.1, -0.05) is 23.9 Å². The lowest BCUT2D eigenvalue weighted by Gasteiger charge is -2.29. The highest BCUT2D eigenvalue weighted by Crippen LogP contribution is 2.31. The van der Waals surface area contributed by atoms with Crippen LogP contribution in [0.15, 0.2) is 52.4 Å². The molecule has 0 saturated carbocycles. The van der Waals surface area contributed by atoms with Crippen LogP contribution in [-0.4, -0.2) is 32.7 Å². The number of nitrogens with zero attached hydrogens (tertiary/aromatic N) is 4. The Morgan fingerprint density at radius 3 is 2.83 bits per heavy atom.